The summed E-state index contributed by atoms with van der Waals surface area (Å²) in [7, 11) is 1.32. The van der Waals surface area contributed by atoms with Gasteiger partial charge >= 0.3 is 5.97 Å². The van der Waals surface area contributed by atoms with E-state index in [1.54, 1.807) is 24.3 Å². The number of hydrogen-bond donors (Lipinski definition) is 1. The van der Waals surface area contributed by atoms with Crippen LogP contribution in [0.3, 0.4) is 0 Å². The van der Waals surface area contributed by atoms with Crippen molar-refractivity contribution in [3.63, 3.8) is 0 Å². The molecule has 0 fully saturated rings. The van der Waals surface area contributed by atoms with Gasteiger partial charge in [-0.25, -0.2) is 14.8 Å². The summed E-state index contributed by atoms with van der Waals surface area (Å²) in [5.74, 6) is 0.283. The smallest absolute Gasteiger partial charge is 0.337 e. The molecular formula is C16H17N3O3S. The highest BCUT2D eigenvalue weighted by Crippen LogP contribution is 2.17. The molecule has 2 aromatic rings. The monoisotopic (exact) mass is 331 g/mol. The highest BCUT2D eigenvalue weighted by Gasteiger charge is 2.09. The molecule has 7 heteroatoms. The van der Waals surface area contributed by atoms with Gasteiger partial charge < -0.3 is 10.1 Å². The Morgan fingerprint density at radius 1 is 1.22 bits per heavy atom. The lowest BCUT2D eigenvalue weighted by Gasteiger charge is -2.07. The van der Waals surface area contributed by atoms with Gasteiger partial charge in [0.2, 0.25) is 5.91 Å². The van der Waals surface area contributed by atoms with Crippen LogP contribution in [0.15, 0.2) is 35.4 Å². The fraction of sp³-hybridized carbons (Fsp3) is 0.250. The second-order valence-electron chi connectivity index (χ2n) is 4.80. The van der Waals surface area contributed by atoms with E-state index in [-0.39, 0.29) is 11.7 Å². The summed E-state index contributed by atoms with van der Waals surface area (Å²) in [5.41, 5.74) is 1.81. The number of aromatic nitrogens is 2. The molecule has 2 rings (SSSR count). The molecule has 0 aliphatic heterocycles. The van der Waals surface area contributed by atoms with Crippen molar-refractivity contribution in [3.05, 3.63) is 47.4 Å². The molecule has 0 radical (unpaired) electrons. The molecule has 1 heterocycles. The Balaban J connectivity index is 1.96. The van der Waals surface area contributed by atoms with Gasteiger partial charge in [-0.1, -0.05) is 17.8 Å². The summed E-state index contributed by atoms with van der Waals surface area (Å²) in [4.78, 5) is 32.0. The SMILES string of the molecule is COC(=O)c1cccc(NC(=O)CSc2cc(C)nc(C)n2)c1. The molecule has 23 heavy (non-hydrogen) atoms. The van der Waals surface area contributed by atoms with Crippen LogP contribution in [-0.2, 0) is 9.53 Å². The zero-order chi connectivity index (χ0) is 16.8. The highest BCUT2D eigenvalue weighted by atomic mass is 32.2. The molecule has 0 saturated heterocycles. The zero-order valence-electron chi connectivity index (χ0n) is 13.1. The number of aryl methyl sites for hydroxylation is 2. The predicted molar refractivity (Wildman–Crippen MR) is 88.6 cm³/mol. The van der Waals surface area contributed by atoms with Crippen molar-refractivity contribution in [2.75, 3.05) is 18.2 Å². The summed E-state index contributed by atoms with van der Waals surface area (Å²) in [5, 5.41) is 3.51. The van der Waals surface area contributed by atoms with E-state index in [0.29, 0.717) is 17.1 Å². The normalized spacial score (nSPS) is 10.2. The number of ether oxygens (including phenoxy) is 1. The molecule has 0 atom stereocenters. The van der Waals surface area contributed by atoms with Gasteiger partial charge in [-0.3, -0.25) is 4.79 Å². The summed E-state index contributed by atoms with van der Waals surface area (Å²) < 4.78 is 4.65. The number of rotatable bonds is 5. The third-order valence-electron chi connectivity index (χ3n) is 2.86. The van der Waals surface area contributed by atoms with Crippen molar-refractivity contribution in [2.45, 2.75) is 18.9 Å². The fourth-order valence-electron chi connectivity index (χ4n) is 1.94. The van der Waals surface area contributed by atoms with Crippen LogP contribution in [0.1, 0.15) is 21.9 Å². The Morgan fingerprint density at radius 2 is 2.00 bits per heavy atom. The quantitative estimate of drug-likeness (QED) is 0.515. The number of esters is 1. The van der Waals surface area contributed by atoms with E-state index in [4.69, 9.17) is 0 Å². The first kappa shape index (κ1) is 17.0. The number of thioether (sulfide) groups is 1. The maximum absolute atomic E-state index is 12.0. The van der Waals surface area contributed by atoms with Crippen molar-refractivity contribution < 1.29 is 14.3 Å². The minimum Gasteiger partial charge on any atom is -0.465 e. The Labute approximate surface area is 138 Å². The highest BCUT2D eigenvalue weighted by molar-refractivity contribution is 7.99. The molecule has 0 bridgehead atoms. The number of benzene rings is 1. The van der Waals surface area contributed by atoms with E-state index in [1.165, 1.54) is 18.9 Å². The van der Waals surface area contributed by atoms with Gasteiger partial charge in [0.25, 0.3) is 0 Å². The lowest BCUT2D eigenvalue weighted by atomic mass is 10.2. The van der Waals surface area contributed by atoms with Crippen molar-refractivity contribution in [1.82, 2.24) is 9.97 Å². The van der Waals surface area contributed by atoms with Crippen LogP contribution in [0.5, 0.6) is 0 Å². The average Bonchev–Trinajstić information content (AvgIpc) is 2.51. The first-order valence-corrected chi connectivity index (χ1v) is 7.90. The van der Waals surface area contributed by atoms with E-state index in [2.05, 4.69) is 20.0 Å². The predicted octanol–water partition coefficient (Wildman–Crippen LogP) is 2.61. The van der Waals surface area contributed by atoms with Crippen LogP contribution in [0, 0.1) is 13.8 Å². The van der Waals surface area contributed by atoms with Gasteiger partial charge in [-0.2, -0.15) is 0 Å². The fourth-order valence-corrected chi connectivity index (χ4v) is 2.74. The Bertz CT molecular complexity index is 714. The number of amides is 1. The molecule has 1 amide bonds. The summed E-state index contributed by atoms with van der Waals surface area (Å²) in [6.45, 7) is 3.70. The Morgan fingerprint density at radius 3 is 2.70 bits per heavy atom. The van der Waals surface area contributed by atoms with Gasteiger partial charge in [0.1, 0.15) is 10.9 Å². The Hall–Kier alpha value is -2.41. The topological polar surface area (TPSA) is 81.2 Å². The van der Waals surface area contributed by atoms with Gasteiger partial charge in [-0.05, 0) is 38.1 Å². The maximum atomic E-state index is 12.0. The third kappa shape index (κ3) is 5.07. The van der Waals surface area contributed by atoms with Crippen LogP contribution < -0.4 is 5.32 Å². The van der Waals surface area contributed by atoms with E-state index >= 15 is 0 Å². The number of nitrogens with zero attached hydrogens (tertiary/aromatic N) is 2. The molecule has 1 aromatic carbocycles. The van der Waals surface area contributed by atoms with Crippen LogP contribution in [0.25, 0.3) is 0 Å². The van der Waals surface area contributed by atoms with E-state index in [0.717, 1.165) is 10.7 Å². The van der Waals surface area contributed by atoms with E-state index < -0.39 is 5.97 Å². The molecule has 120 valence electrons. The lowest BCUT2D eigenvalue weighted by Crippen LogP contribution is -2.14. The van der Waals surface area contributed by atoms with Crippen molar-refractivity contribution in [1.29, 1.82) is 0 Å². The number of nitrogens with one attached hydrogen (secondary N) is 1. The van der Waals surface area contributed by atoms with E-state index in [9.17, 15) is 9.59 Å². The molecular weight excluding hydrogens is 314 g/mol. The second-order valence-corrected chi connectivity index (χ2v) is 5.80. The minimum absolute atomic E-state index is 0.175. The summed E-state index contributed by atoms with van der Waals surface area (Å²) >= 11 is 1.34. The van der Waals surface area contributed by atoms with Gasteiger partial charge in [0.15, 0.2) is 0 Å². The van der Waals surface area contributed by atoms with Crippen molar-refractivity contribution in [3.8, 4) is 0 Å². The molecule has 0 saturated carbocycles. The molecule has 0 unspecified atom stereocenters. The minimum atomic E-state index is -0.442. The van der Waals surface area contributed by atoms with Gasteiger partial charge in [-0.15, -0.1) is 0 Å². The van der Waals surface area contributed by atoms with Gasteiger partial charge in [0, 0.05) is 11.4 Å². The van der Waals surface area contributed by atoms with Crippen LogP contribution in [-0.4, -0.2) is 34.7 Å². The number of carbonyl (C=O) groups excluding carboxylic acids is 2. The zero-order valence-corrected chi connectivity index (χ0v) is 13.9. The molecule has 6 nitrogen and oxygen atoms in total. The largest absolute Gasteiger partial charge is 0.465 e. The van der Waals surface area contributed by atoms with Crippen molar-refractivity contribution in [2.24, 2.45) is 0 Å². The number of anilines is 1. The summed E-state index contributed by atoms with van der Waals surface area (Å²) in [6, 6.07) is 8.44. The van der Waals surface area contributed by atoms with Gasteiger partial charge in [0.05, 0.1) is 18.4 Å². The molecule has 0 aliphatic rings. The van der Waals surface area contributed by atoms with E-state index in [1.807, 2.05) is 19.9 Å². The molecule has 1 aromatic heterocycles. The third-order valence-corrected chi connectivity index (χ3v) is 3.77. The number of methoxy groups -OCH3 is 1. The summed E-state index contributed by atoms with van der Waals surface area (Å²) in [6.07, 6.45) is 0. The van der Waals surface area contributed by atoms with Crippen LogP contribution in [0.4, 0.5) is 5.69 Å². The molecule has 0 aliphatic carbocycles. The average molecular weight is 331 g/mol. The second kappa shape index (κ2) is 7.73. The number of hydrogen-bond acceptors (Lipinski definition) is 6. The maximum Gasteiger partial charge on any atom is 0.337 e. The molecule has 1 N–H and O–H groups in total. The Kier molecular flexibility index (Phi) is 5.70. The van der Waals surface area contributed by atoms with Crippen molar-refractivity contribution >= 4 is 29.3 Å². The van der Waals surface area contributed by atoms with Crippen LogP contribution >= 0.6 is 11.8 Å². The number of carbonyl (C=O) groups is 2. The van der Waals surface area contributed by atoms with Crippen LogP contribution in [0.2, 0.25) is 0 Å². The standard InChI is InChI=1S/C16H17N3O3S/c1-10-7-15(18-11(2)17-10)23-9-14(20)19-13-6-4-5-12(8-13)16(21)22-3/h4-8H,9H2,1-3H3,(H,19,20). The first-order valence-electron chi connectivity index (χ1n) is 6.91. The first-order chi connectivity index (χ1) is 11.0. The lowest BCUT2D eigenvalue weighted by molar-refractivity contribution is -0.113. The molecule has 0 spiro atoms.